The van der Waals surface area contributed by atoms with E-state index >= 15 is 0 Å². The summed E-state index contributed by atoms with van der Waals surface area (Å²) >= 11 is 0. The first-order valence-corrected chi connectivity index (χ1v) is 4.07. The van der Waals surface area contributed by atoms with E-state index in [0.29, 0.717) is 0 Å². The van der Waals surface area contributed by atoms with Crippen LogP contribution in [-0.4, -0.2) is 23.7 Å². The van der Waals surface area contributed by atoms with Crippen molar-refractivity contribution >= 4 is 5.97 Å². The van der Waals surface area contributed by atoms with Crippen LogP contribution in [0.4, 0.5) is 0 Å². The van der Waals surface area contributed by atoms with Crippen LogP contribution in [0.15, 0.2) is 0 Å². The van der Waals surface area contributed by atoms with Crippen LogP contribution in [0.1, 0.15) is 26.7 Å². The lowest BCUT2D eigenvalue weighted by atomic mass is 9.76. The molecule has 0 aromatic carbocycles. The molecular formula is C8H13NO2. The summed E-state index contributed by atoms with van der Waals surface area (Å²) in [6.07, 6.45) is 2.01. The predicted octanol–water partition coefficient (Wildman–Crippen LogP) is 0.444. The monoisotopic (exact) mass is 155 g/mol. The molecule has 2 aliphatic rings. The van der Waals surface area contributed by atoms with Gasteiger partial charge in [0, 0.05) is 0 Å². The van der Waals surface area contributed by atoms with Gasteiger partial charge >= 0.3 is 5.97 Å². The molecule has 0 aliphatic carbocycles. The zero-order valence-corrected chi connectivity index (χ0v) is 6.94. The lowest BCUT2D eigenvalue weighted by Gasteiger charge is -2.51. The van der Waals surface area contributed by atoms with Crippen molar-refractivity contribution in [2.24, 2.45) is 0 Å². The third-order valence-corrected chi connectivity index (χ3v) is 2.88. The van der Waals surface area contributed by atoms with E-state index in [1.54, 1.807) is 0 Å². The molecule has 2 aliphatic heterocycles. The molecule has 0 bridgehead atoms. The Labute approximate surface area is 66.1 Å². The van der Waals surface area contributed by atoms with Crippen molar-refractivity contribution in [2.75, 3.05) is 6.54 Å². The molecule has 62 valence electrons. The molecule has 1 spiro atoms. The first-order chi connectivity index (χ1) is 5.08. The molecular weight excluding hydrogens is 142 g/mol. The minimum Gasteiger partial charge on any atom is -0.456 e. The average molecular weight is 155 g/mol. The second-order valence-corrected chi connectivity index (χ2v) is 3.84. The zero-order valence-electron chi connectivity index (χ0n) is 6.94. The van der Waals surface area contributed by atoms with E-state index < -0.39 is 0 Å². The fourth-order valence-corrected chi connectivity index (χ4v) is 2.04. The minimum atomic E-state index is -0.340. The quantitative estimate of drug-likeness (QED) is 0.516. The summed E-state index contributed by atoms with van der Waals surface area (Å²) in [6.45, 7) is 4.87. The molecule has 1 unspecified atom stereocenters. The van der Waals surface area contributed by atoms with Gasteiger partial charge in [-0.25, -0.2) is 4.79 Å². The van der Waals surface area contributed by atoms with Crippen molar-refractivity contribution in [1.29, 1.82) is 0 Å². The highest BCUT2D eigenvalue weighted by Crippen LogP contribution is 2.43. The highest BCUT2D eigenvalue weighted by molar-refractivity contribution is 5.89. The number of ether oxygens (including phenoxy) is 1. The van der Waals surface area contributed by atoms with Gasteiger partial charge < -0.3 is 4.74 Å². The molecule has 0 aromatic heterocycles. The summed E-state index contributed by atoms with van der Waals surface area (Å²) < 4.78 is 5.06. The van der Waals surface area contributed by atoms with Gasteiger partial charge in [0.25, 0.3) is 0 Å². The van der Waals surface area contributed by atoms with E-state index in [-0.39, 0.29) is 17.1 Å². The standard InChI is InChI=1S/C8H13NO2/c1-7(2)8(6(10)11-7)4-3-5-9-8/h9H,3-5H2,1-2H3. The number of esters is 1. The molecule has 3 nitrogen and oxygen atoms in total. The second-order valence-electron chi connectivity index (χ2n) is 3.84. The van der Waals surface area contributed by atoms with Crippen molar-refractivity contribution < 1.29 is 9.53 Å². The number of cyclic esters (lactones) is 1. The number of hydrogen-bond donors (Lipinski definition) is 1. The van der Waals surface area contributed by atoms with Crippen molar-refractivity contribution in [3.8, 4) is 0 Å². The fourth-order valence-electron chi connectivity index (χ4n) is 2.04. The topological polar surface area (TPSA) is 38.3 Å². The summed E-state index contributed by atoms with van der Waals surface area (Å²) in [5.41, 5.74) is -0.631. The van der Waals surface area contributed by atoms with Crippen LogP contribution >= 0.6 is 0 Å². The van der Waals surface area contributed by atoms with Gasteiger partial charge in [-0.3, -0.25) is 5.32 Å². The Morgan fingerprint density at radius 2 is 2.27 bits per heavy atom. The van der Waals surface area contributed by atoms with Crippen molar-refractivity contribution in [3.63, 3.8) is 0 Å². The average Bonchev–Trinajstić information content (AvgIpc) is 2.34. The highest BCUT2D eigenvalue weighted by Gasteiger charge is 2.64. The normalized spacial score (nSPS) is 40.4. The van der Waals surface area contributed by atoms with E-state index in [4.69, 9.17) is 4.74 Å². The summed E-state index contributed by atoms with van der Waals surface area (Å²) in [4.78, 5) is 11.2. The van der Waals surface area contributed by atoms with Gasteiger partial charge in [0.05, 0.1) is 0 Å². The lowest BCUT2D eigenvalue weighted by Crippen LogP contribution is -2.73. The van der Waals surface area contributed by atoms with Gasteiger partial charge in [-0.2, -0.15) is 0 Å². The van der Waals surface area contributed by atoms with Gasteiger partial charge in [-0.15, -0.1) is 0 Å². The Bertz CT molecular complexity index is 204. The Kier molecular flexibility index (Phi) is 1.15. The molecule has 1 atom stereocenters. The second kappa shape index (κ2) is 1.78. The summed E-state index contributed by atoms with van der Waals surface area (Å²) in [5.74, 6) is -0.0694. The summed E-state index contributed by atoms with van der Waals surface area (Å²) in [6, 6.07) is 0. The molecule has 2 heterocycles. The molecule has 2 fully saturated rings. The van der Waals surface area contributed by atoms with Gasteiger partial charge in [-0.1, -0.05) is 0 Å². The van der Waals surface area contributed by atoms with E-state index in [1.807, 2.05) is 13.8 Å². The Hall–Kier alpha value is -0.570. The number of carbonyl (C=O) groups excluding carboxylic acids is 1. The number of rotatable bonds is 0. The van der Waals surface area contributed by atoms with E-state index in [0.717, 1.165) is 19.4 Å². The first kappa shape index (κ1) is 7.10. The van der Waals surface area contributed by atoms with Crippen LogP contribution in [0, 0.1) is 0 Å². The lowest BCUT2D eigenvalue weighted by molar-refractivity contribution is -0.213. The molecule has 0 amide bonds. The van der Waals surface area contributed by atoms with E-state index in [2.05, 4.69) is 5.32 Å². The van der Waals surface area contributed by atoms with Crippen LogP contribution < -0.4 is 5.32 Å². The Balaban J connectivity index is 2.28. The van der Waals surface area contributed by atoms with Crippen molar-refractivity contribution in [2.45, 2.75) is 37.8 Å². The number of nitrogens with one attached hydrogen (secondary N) is 1. The SMILES string of the molecule is CC1(C)OC(=O)C12CCCN2. The Morgan fingerprint density at radius 1 is 1.55 bits per heavy atom. The van der Waals surface area contributed by atoms with Crippen LogP contribution in [0.5, 0.6) is 0 Å². The molecule has 2 saturated heterocycles. The molecule has 11 heavy (non-hydrogen) atoms. The minimum absolute atomic E-state index is 0.0694. The fraction of sp³-hybridized carbons (Fsp3) is 0.875. The Morgan fingerprint density at radius 3 is 2.55 bits per heavy atom. The third kappa shape index (κ3) is 0.644. The maximum atomic E-state index is 11.2. The first-order valence-electron chi connectivity index (χ1n) is 4.07. The predicted molar refractivity (Wildman–Crippen MR) is 40.1 cm³/mol. The molecule has 2 rings (SSSR count). The van der Waals surface area contributed by atoms with E-state index in [1.165, 1.54) is 0 Å². The van der Waals surface area contributed by atoms with E-state index in [9.17, 15) is 4.79 Å². The number of carbonyl (C=O) groups is 1. The largest absolute Gasteiger partial charge is 0.456 e. The molecule has 3 heteroatoms. The van der Waals surface area contributed by atoms with Crippen LogP contribution in [-0.2, 0) is 9.53 Å². The molecule has 0 aromatic rings. The molecule has 0 radical (unpaired) electrons. The summed E-state index contributed by atoms with van der Waals surface area (Å²) in [7, 11) is 0. The van der Waals surface area contributed by atoms with Gasteiger partial charge in [-0.05, 0) is 33.2 Å². The highest BCUT2D eigenvalue weighted by atomic mass is 16.6. The van der Waals surface area contributed by atoms with Crippen molar-refractivity contribution in [1.82, 2.24) is 5.32 Å². The van der Waals surface area contributed by atoms with Crippen LogP contribution in [0.2, 0.25) is 0 Å². The van der Waals surface area contributed by atoms with Crippen LogP contribution in [0.25, 0.3) is 0 Å². The summed E-state index contributed by atoms with van der Waals surface area (Å²) in [5, 5.41) is 3.23. The van der Waals surface area contributed by atoms with Crippen molar-refractivity contribution in [3.05, 3.63) is 0 Å². The molecule has 0 saturated carbocycles. The maximum Gasteiger partial charge on any atom is 0.331 e. The smallest absolute Gasteiger partial charge is 0.331 e. The van der Waals surface area contributed by atoms with Gasteiger partial charge in [0.1, 0.15) is 5.60 Å². The maximum absolute atomic E-state index is 11.2. The number of hydrogen-bond acceptors (Lipinski definition) is 3. The third-order valence-electron chi connectivity index (χ3n) is 2.88. The van der Waals surface area contributed by atoms with Gasteiger partial charge in [0.2, 0.25) is 0 Å². The van der Waals surface area contributed by atoms with Gasteiger partial charge in [0.15, 0.2) is 5.54 Å². The zero-order chi connectivity index (χ0) is 8.11. The molecule has 1 N–H and O–H groups in total. The van der Waals surface area contributed by atoms with Crippen LogP contribution in [0.3, 0.4) is 0 Å².